The van der Waals surface area contributed by atoms with Crippen molar-refractivity contribution in [3.05, 3.63) is 32.9 Å². The van der Waals surface area contributed by atoms with Crippen LogP contribution in [0.2, 0.25) is 0 Å². The molecule has 1 heterocycles. The predicted octanol–water partition coefficient (Wildman–Crippen LogP) is -1.49. The van der Waals surface area contributed by atoms with Crippen LogP contribution in [0, 0.1) is 5.82 Å². The highest BCUT2D eigenvalue weighted by Gasteiger charge is 2.16. The topological polar surface area (TPSA) is 135 Å². The minimum Gasteiger partial charge on any atom is -0.480 e. The first-order chi connectivity index (χ1) is 8.32. The SMILES string of the molecule is NC(CCC(=O)n1cc(F)c(=O)[nH]c1=O)C(=O)O. The molecule has 0 aliphatic carbocycles. The zero-order valence-electron chi connectivity index (χ0n) is 9.05. The molecular formula is C9H10FN3O5. The molecule has 1 aromatic rings. The number of carboxylic acid groups (broad SMARTS) is 1. The van der Waals surface area contributed by atoms with Gasteiger partial charge in [-0.25, -0.2) is 9.36 Å². The Labute approximate surface area is 98.9 Å². The number of rotatable bonds is 4. The molecule has 1 rings (SSSR count). The minimum absolute atomic E-state index is 0.207. The van der Waals surface area contributed by atoms with Crippen molar-refractivity contribution < 1.29 is 19.1 Å². The molecule has 0 spiro atoms. The molecule has 9 heteroatoms. The van der Waals surface area contributed by atoms with E-state index in [4.69, 9.17) is 10.8 Å². The largest absolute Gasteiger partial charge is 0.480 e. The normalized spacial score (nSPS) is 12.1. The summed E-state index contributed by atoms with van der Waals surface area (Å²) in [5.41, 5.74) is 2.85. The Kier molecular flexibility index (Phi) is 4.10. The van der Waals surface area contributed by atoms with Gasteiger partial charge in [0.1, 0.15) is 6.04 Å². The van der Waals surface area contributed by atoms with Crippen LogP contribution in [-0.2, 0) is 4.79 Å². The van der Waals surface area contributed by atoms with Gasteiger partial charge in [0.05, 0.1) is 6.20 Å². The van der Waals surface area contributed by atoms with Crippen molar-refractivity contribution in [2.45, 2.75) is 18.9 Å². The van der Waals surface area contributed by atoms with Gasteiger partial charge in [0, 0.05) is 6.42 Å². The number of nitrogens with zero attached hydrogens (tertiary/aromatic N) is 1. The highest BCUT2D eigenvalue weighted by Crippen LogP contribution is 1.98. The maximum atomic E-state index is 12.9. The predicted molar refractivity (Wildman–Crippen MR) is 56.8 cm³/mol. The molecule has 0 bridgehead atoms. The zero-order valence-corrected chi connectivity index (χ0v) is 9.05. The number of carbonyl (C=O) groups excluding carboxylic acids is 1. The summed E-state index contributed by atoms with van der Waals surface area (Å²) in [6.45, 7) is 0. The molecule has 1 aromatic heterocycles. The van der Waals surface area contributed by atoms with Crippen LogP contribution >= 0.6 is 0 Å². The third-order valence-corrected chi connectivity index (χ3v) is 2.15. The molecule has 1 unspecified atom stereocenters. The summed E-state index contributed by atoms with van der Waals surface area (Å²) in [5, 5.41) is 8.49. The molecule has 8 nitrogen and oxygen atoms in total. The molecule has 0 aliphatic heterocycles. The Morgan fingerprint density at radius 3 is 2.67 bits per heavy atom. The van der Waals surface area contributed by atoms with E-state index in [2.05, 4.69) is 0 Å². The number of hydrogen-bond acceptors (Lipinski definition) is 5. The van der Waals surface area contributed by atoms with Crippen LogP contribution in [0.4, 0.5) is 4.39 Å². The first-order valence-corrected chi connectivity index (χ1v) is 4.86. The first-order valence-electron chi connectivity index (χ1n) is 4.86. The summed E-state index contributed by atoms with van der Waals surface area (Å²) < 4.78 is 13.2. The van der Waals surface area contributed by atoms with E-state index in [1.165, 1.54) is 0 Å². The van der Waals surface area contributed by atoms with E-state index < -0.39 is 35.0 Å². The van der Waals surface area contributed by atoms with Crippen LogP contribution in [0.15, 0.2) is 15.8 Å². The van der Waals surface area contributed by atoms with E-state index >= 15 is 0 Å². The average molecular weight is 259 g/mol. The van der Waals surface area contributed by atoms with Crippen LogP contribution < -0.4 is 17.0 Å². The second-order valence-corrected chi connectivity index (χ2v) is 3.48. The van der Waals surface area contributed by atoms with Crippen molar-refractivity contribution in [3.8, 4) is 0 Å². The lowest BCUT2D eigenvalue weighted by Gasteiger charge is -2.06. The monoisotopic (exact) mass is 259 g/mol. The lowest BCUT2D eigenvalue weighted by molar-refractivity contribution is -0.138. The molecule has 0 amide bonds. The van der Waals surface area contributed by atoms with Gasteiger partial charge in [-0.3, -0.25) is 19.4 Å². The Morgan fingerprint density at radius 2 is 2.11 bits per heavy atom. The average Bonchev–Trinajstić information content (AvgIpc) is 2.30. The second kappa shape index (κ2) is 5.36. The zero-order chi connectivity index (χ0) is 13.9. The number of aromatic amines is 1. The maximum absolute atomic E-state index is 12.9. The summed E-state index contributed by atoms with van der Waals surface area (Å²) in [5.74, 6) is -3.43. The van der Waals surface area contributed by atoms with E-state index in [0.717, 1.165) is 0 Å². The van der Waals surface area contributed by atoms with Crippen LogP contribution in [0.3, 0.4) is 0 Å². The fourth-order valence-electron chi connectivity index (χ4n) is 1.16. The number of nitrogens with one attached hydrogen (secondary N) is 1. The molecule has 98 valence electrons. The van der Waals surface area contributed by atoms with Crippen molar-refractivity contribution in [1.82, 2.24) is 9.55 Å². The summed E-state index contributed by atoms with van der Waals surface area (Å²) in [6.07, 6.45) is -0.115. The molecule has 4 N–H and O–H groups in total. The molecular weight excluding hydrogens is 249 g/mol. The number of halogens is 1. The summed E-state index contributed by atoms with van der Waals surface area (Å²) >= 11 is 0. The van der Waals surface area contributed by atoms with Crippen molar-refractivity contribution in [2.24, 2.45) is 5.73 Å². The van der Waals surface area contributed by atoms with E-state index in [9.17, 15) is 23.6 Å². The van der Waals surface area contributed by atoms with Gasteiger partial charge < -0.3 is 10.8 Å². The molecule has 0 fully saturated rings. The van der Waals surface area contributed by atoms with E-state index in [1.54, 1.807) is 4.98 Å². The number of aliphatic carboxylic acids is 1. The second-order valence-electron chi connectivity index (χ2n) is 3.48. The van der Waals surface area contributed by atoms with Crippen molar-refractivity contribution in [3.63, 3.8) is 0 Å². The summed E-state index contributed by atoms with van der Waals surface area (Å²) in [4.78, 5) is 45.4. The smallest absolute Gasteiger partial charge is 0.335 e. The highest BCUT2D eigenvalue weighted by molar-refractivity contribution is 5.80. The number of hydrogen-bond donors (Lipinski definition) is 3. The standard InChI is InChI=1S/C9H10FN3O5/c10-4-3-13(9(18)12-7(4)15)6(14)2-1-5(11)8(16)17/h3,5H,1-2,11H2,(H,16,17)(H,12,15,18). The lowest BCUT2D eigenvalue weighted by Crippen LogP contribution is -2.36. The summed E-state index contributed by atoms with van der Waals surface area (Å²) in [6, 6.07) is -1.25. The van der Waals surface area contributed by atoms with Crippen molar-refractivity contribution in [2.75, 3.05) is 0 Å². The quantitative estimate of drug-likeness (QED) is 0.602. The molecule has 0 aromatic carbocycles. The molecule has 18 heavy (non-hydrogen) atoms. The van der Waals surface area contributed by atoms with Gasteiger partial charge in [-0.15, -0.1) is 0 Å². The molecule has 1 atom stereocenters. The fraction of sp³-hybridized carbons (Fsp3) is 0.333. The van der Waals surface area contributed by atoms with Crippen molar-refractivity contribution >= 4 is 11.9 Å². The van der Waals surface area contributed by atoms with Gasteiger partial charge >= 0.3 is 11.7 Å². The molecule has 0 saturated heterocycles. The Hall–Kier alpha value is -2.29. The van der Waals surface area contributed by atoms with Gasteiger partial charge in [-0.05, 0) is 6.42 Å². The van der Waals surface area contributed by atoms with E-state index in [0.29, 0.717) is 10.8 Å². The third-order valence-electron chi connectivity index (χ3n) is 2.15. The Bertz CT molecular complexity index is 591. The van der Waals surface area contributed by atoms with E-state index in [1.807, 2.05) is 0 Å². The van der Waals surface area contributed by atoms with Gasteiger partial charge in [0.2, 0.25) is 11.7 Å². The van der Waals surface area contributed by atoms with Crippen molar-refractivity contribution in [1.29, 1.82) is 0 Å². The van der Waals surface area contributed by atoms with Crippen LogP contribution in [-0.4, -0.2) is 32.6 Å². The maximum Gasteiger partial charge on any atom is 0.335 e. The highest BCUT2D eigenvalue weighted by atomic mass is 19.1. The first kappa shape index (κ1) is 13.8. The molecule has 0 saturated carbocycles. The number of H-pyrrole nitrogens is 1. The Morgan fingerprint density at radius 1 is 1.50 bits per heavy atom. The van der Waals surface area contributed by atoms with E-state index in [-0.39, 0.29) is 12.8 Å². The number of carboxylic acids is 1. The van der Waals surface area contributed by atoms with Crippen LogP contribution in [0.1, 0.15) is 17.6 Å². The third kappa shape index (κ3) is 3.10. The van der Waals surface area contributed by atoms with Crippen LogP contribution in [0.25, 0.3) is 0 Å². The van der Waals surface area contributed by atoms with Gasteiger partial charge in [-0.1, -0.05) is 0 Å². The fourth-order valence-corrected chi connectivity index (χ4v) is 1.16. The lowest BCUT2D eigenvalue weighted by atomic mass is 10.1. The Balaban J connectivity index is 2.86. The number of carbonyl (C=O) groups is 2. The minimum atomic E-state index is -1.29. The van der Waals surface area contributed by atoms with Gasteiger partial charge in [0.15, 0.2) is 0 Å². The molecule has 0 radical (unpaired) electrons. The summed E-state index contributed by atoms with van der Waals surface area (Å²) in [7, 11) is 0. The van der Waals surface area contributed by atoms with Gasteiger partial charge in [-0.2, -0.15) is 4.39 Å². The van der Waals surface area contributed by atoms with Gasteiger partial charge in [0.25, 0.3) is 5.56 Å². The number of aromatic nitrogens is 2. The van der Waals surface area contributed by atoms with Crippen LogP contribution in [0.5, 0.6) is 0 Å². The number of nitrogens with two attached hydrogens (primary N) is 1. The molecule has 0 aliphatic rings.